The van der Waals surface area contributed by atoms with E-state index in [4.69, 9.17) is 32.4 Å². The van der Waals surface area contributed by atoms with Gasteiger partial charge in [-0.05, 0) is 24.3 Å². The van der Waals surface area contributed by atoms with Gasteiger partial charge >= 0.3 is 5.97 Å². The molecule has 12 heteroatoms. The molecule has 3 aromatic rings. The summed E-state index contributed by atoms with van der Waals surface area (Å²) in [4.78, 5) is 36.8. The molecule has 0 bridgehead atoms. The number of benzene rings is 2. The number of hydrogen-bond acceptors (Lipinski definition) is 8. The third-order valence-corrected chi connectivity index (χ3v) is 4.97. The fourth-order valence-electron chi connectivity index (χ4n) is 2.84. The number of esters is 1. The normalized spacial score (nSPS) is 14.4. The van der Waals surface area contributed by atoms with Gasteiger partial charge in [-0.2, -0.15) is 0 Å². The Hall–Kier alpha value is -4.02. The Bertz CT molecular complexity index is 1360. The largest absolute Gasteiger partial charge is 0.457 e. The summed E-state index contributed by atoms with van der Waals surface area (Å²) >= 11 is 12.2. The van der Waals surface area contributed by atoms with Gasteiger partial charge in [-0.25, -0.2) is 9.79 Å². The van der Waals surface area contributed by atoms with Gasteiger partial charge in [0, 0.05) is 35.9 Å². The third-order valence-electron chi connectivity index (χ3n) is 4.35. The van der Waals surface area contributed by atoms with Crippen LogP contribution in [0.2, 0.25) is 10.0 Å². The van der Waals surface area contributed by atoms with E-state index in [0.29, 0.717) is 11.3 Å². The van der Waals surface area contributed by atoms with Crippen LogP contribution in [-0.2, 0) is 9.53 Å². The molecule has 0 N–H and O–H groups in total. The van der Waals surface area contributed by atoms with E-state index in [0.717, 1.165) is 6.07 Å². The van der Waals surface area contributed by atoms with Gasteiger partial charge in [0.05, 0.1) is 25.5 Å². The number of nitrogens with zero attached hydrogens (tertiary/aromatic N) is 3. The Labute approximate surface area is 188 Å². The maximum absolute atomic E-state index is 12.2. The van der Waals surface area contributed by atoms with E-state index >= 15 is 0 Å². The molecule has 0 saturated carbocycles. The molecule has 32 heavy (non-hydrogen) atoms. The predicted octanol–water partition coefficient (Wildman–Crippen LogP) is 5.41. The highest BCUT2D eigenvalue weighted by molar-refractivity contribution is 6.35. The summed E-state index contributed by atoms with van der Waals surface area (Å²) in [5, 5.41) is 21.8. The zero-order valence-electron chi connectivity index (χ0n) is 15.7. The Morgan fingerprint density at radius 1 is 0.875 bits per heavy atom. The highest BCUT2D eigenvalue weighted by Gasteiger charge is 2.27. The third kappa shape index (κ3) is 4.09. The van der Waals surface area contributed by atoms with Crippen molar-refractivity contribution in [2.45, 2.75) is 0 Å². The van der Waals surface area contributed by atoms with Crippen LogP contribution in [0.25, 0.3) is 17.4 Å². The monoisotopic (exact) mass is 473 g/mol. The minimum absolute atomic E-state index is 0.0000905. The molecule has 10 nitrogen and oxygen atoms in total. The Kier molecular flexibility index (Phi) is 5.47. The van der Waals surface area contributed by atoms with E-state index in [1.807, 2.05) is 0 Å². The number of aliphatic imine (C=N–C) groups is 1. The molecular formula is C20H9Cl2N3O7. The fraction of sp³-hybridized carbons (Fsp3) is 0. The molecule has 2 aromatic carbocycles. The van der Waals surface area contributed by atoms with Crippen molar-refractivity contribution >= 4 is 52.5 Å². The zero-order chi connectivity index (χ0) is 23.0. The lowest BCUT2D eigenvalue weighted by Gasteiger charge is -2.02. The number of furan rings is 1. The molecule has 1 aliphatic heterocycles. The Balaban J connectivity index is 1.62. The van der Waals surface area contributed by atoms with Gasteiger partial charge in [0.15, 0.2) is 5.70 Å². The van der Waals surface area contributed by atoms with Crippen molar-refractivity contribution in [1.29, 1.82) is 0 Å². The molecule has 2 heterocycles. The summed E-state index contributed by atoms with van der Waals surface area (Å²) < 4.78 is 10.8. The summed E-state index contributed by atoms with van der Waals surface area (Å²) in [5.74, 6) is -0.293. The average molecular weight is 474 g/mol. The number of hydrogen-bond donors (Lipinski definition) is 0. The van der Waals surface area contributed by atoms with Crippen molar-refractivity contribution in [3.63, 3.8) is 0 Å². The van der Waals surface area contributed by atoms with Crippen LogP contribution in [0.5, 0.6) is 0 Å². The summed E-state index contributed by atoms with van der Waals surface area (Å²) in [6, 6.07) is 10.8. The molecule has 0 saturated heterocycles. The van der Waals surface area contributed by atoms with Crippen molar-refractivity contribution in [1.82, 2.24) is 0 Å². The second-order valence-corrected chi connectivity index (χ2v) is 7.19. The Morgan fingerprint density at radius 2 is 1.47 bits per heavy atom. The highest BCUT2D eigenvalue weighted by atomic mass is 35.5. The molecule has 0 spiro atoms. The summed E-state index contributed by atoms with van der Waals surface area (Å²) in [6.07, 6.45) is 1.33. The van der Waals surface area contributed by atoms with Crippen LogP contribution < -0.4 is 0 Å². The molecule has 0 fully saturated rings. The lowest BCUT2D eigenvalue weighted by molar-refractivity contribution is -0.385. The van der Waals surface area contributed by atoms with E-state index in [1.54, 1.807) is 12.1 Å². The first-order chi connectivity index (χ1) is 15.2. The number of nitro groups is 2. The number of halogens is 2. The summed E-state index contributed by atoms with van der Waals surface area (Å²) in [5.41, 5.74) is 0.190. The fourth-order valence-corrected chi connectivity index (χ4v) is 3.37. The molecule has 160 valence electrons. The number of ether oxygens (including phenoxy) is 1. The molecule has 0 aliphatic carbocycles. The SMILES string of the molecule is O=C1OC(c2ccc([N+](=O)[O-])cc2Cl)=N/C1=C\c1ccc(-c2ccc([N+](=O)[O-])cc2Cl)o1. The maximum atomic E-state index is 12.2. The van der Waals surface area contributed by atoms with Gasteiger partial charge in [0.25, 0.3) is 11.4 Å². The first kappa shape index (κ1) is 21.2. The van der Waals surface area contributed by atoms with Gasteiger partial charge in [0.1, 0.15) is 11.5 Å². The standard InChI is InChI=1S/C20H9Cl2N3O7/c21-15-7-10(24(27)28)1-4-13(15)18-6-3-12(31-18)9-17-20(26)32-19(23-17)14-5-2-11(25(29)30)8-16(14)22/h1-9H/b17-9-. The number of non-ortho nitro benzene ring substituents is 2. The number of carbonyl (C=O) groups is 1. The van der Waals surface area contributed by atoms with Gasteiger partial charge in [-0.1, -0.05) is 23.2 Å². The van der Waals surface area contributed by atoms with Crippen LogP contribution in [0.3, 0.4) is 0 Å². The van der Waals surface area contributed by atoms with Crippen molar-refractivity contribution in [3.8, 4) is 11.3 Å². The number of nitro benzene ring substituents is 2. The summed E-state index contributed by atoms with van der Waals surface area (Å²) in [7, 11) is 0. The summed E-state index contributed by atoms with van der Waals surface area (Å²) in [6.45, 7) is 0. The van der Waals surface area contributed by atoms with Crippen LogP contribution in [0, 0.1) is 20.2 Å². The van der Waals surface area contributed by atoms with Crippen molar-refractivity contribution < 1.29 is 23.8 Å². The number of carbonyl (C=O) groups excluding carboxylic acids is 1. The lowest BCUT2D eigenvalue weighted by Crippen LogP contribution is -2.06. The van der Waals surface area contributed by atoms with Gasteiger partial charge in [-0.15, -0.1) is 0 Å². The van der Waals surface area contributed by atoms with E-state index < -0.39 is 15.8 Å². The molecule has 1 aromatic heterocycles. The molecule has 4 rings (SSSR count). The molecule has 0 amide bonds. The van der Waals surface area contributed by atoms with E-state index in [9.17, 15) is 25.0 Å². The molecule has 0 atom stereocenters. The number of cyclic esters (lactones) is 1. The lowest BCUT2D eigenvalue weighted by atomic mass is 10.1. The minimum Gasteiger partial charge on any atom is -0.457 e. The van der Waals surface area contributed by atoms with Crippen molar-refractivity contribution in [3.05, 3.63) is 95.8 Å². The maximum Gasteiger partial charge on any atom is 0.363 e. The second kappa shape index (κ2) is 8.25. The van der Waals surface area contributed by atoms with Crippen molar-refractivity contribution in [2.24, 2.45) is 4.99 Å². The molecular weight excluding hydrogens is 465 g/mol. The Morgan fingerprint density at radius 3 is 2.03 bits per heavy atom. The van der Waals surface area contributed by atoms with Crippen LogP contribution in [0.4, 0.5) is 11.4 Å². The van der Waals surface area contributed by atoms with Gasteiger partial charge in [0.2, 0.25) is 5.90 Å². The molecule has 0 radical (unpaired) electrons. The number of rotatable bonds is 5. The van der Waals surface area contributed by atoms with Crippen LogP contribution in [0.15, 0.2) is 63.6 Å². The van der Waals surface area contributed by atoms with Crippen LogP contribution in [0.1, 0.15) is 11.3 Å². The topological polar surface area (TPSA) is 138 Å². The second-order valence-electron chi connectivity index (χ2n) is 6.38. The smallest absolute Gasteiger partial charge is 0.363 e. The molecule has 1 aliphatic rings. The molecule has 0 unspecified atom stereocenters. The van der Waals surface area contributed by atoms with Gasteiger partial charge in [-0.3, -0.25) is 20.2 Å². The first-order valence-corrected chi connectivity index (χ1v) is 9.49. The predicted molar refractivity (Wildman–Crippen MR) is 115 cm³/mol. The van der Waals surface area contributed by atoms with E-state index in [1.165, 1.54) is 36.4 Å². The zero-order valence-corrected chi connectivity index (χ0v) is 17.2. The quantitative estimate of drug-likeness (QED) is 0.208. The van der Waals surface area contributed by atoms with Crippen LogP contribution >= 0.6 is 23.2 Å². The van der Waals surface area contributed by atoms with Crippen LogP contribution in [-0.4, -0.2) is 21.7 Å². The van der Waals surface area contributed by atoms with E-state index in [-0.39, 0.29) is 44.3 Å². The van der Waals surface area contributed by atoms with Crippen molar-refractivity contribution in [2.75, 3.05) is 0 Å². The average Bonchev–Trinajstić information content (AvgIpc) is 3.34. The van der Waals surface area contributed by atoms with E-state index in [2.05, 4.69) is 4.99 Å². The highest BCUT2D eigenvalue weighted by Crippen LogP contribution is 2.33. The first-order valence-electron chi connectivity index (χ1n) is 8.74. The minimum atomic E-state index is -0.763. The van der Waals surface area contributed by atoms with Gasteiger partial charge < -0.3 is 9.15 Å².